The number of hydrogen-bond acceptors (Lipinski definition) is 4. The van der Waals surface area contributed by atoms with Gasteiger partial charge in [0.15, 0.2) is 0 Å². The predicted octanol–water partition coefficient (Wildman–Crippen LogP) is 1.29. The van der Waals surface area contributed by atoms with E-state index in [9.17, 15) is 19.5 Å². The average Bonchev–Trinajstić information content (AvgIpc) is 3.00. The van der Waals surface area contributed by atoms with Crippen molar-refractivity contribution in [3.8, 4) is 0 Å². The molecule has 21 heavy (non-hydrogen) atoms. The van der Waals surface area contributed by atoms with Gasteiger partial charge in [-0.3, -0.25) is 9.59 Å². The molecule has 1 saturated heterocycles. The summed E-state index contributed by atoms with van der Waals surface area (Å²) < 4.78 is 0. The zero-order valence-corrected chi connectivity index (χ0v) is 12.6. The Balaban J connectivity index is 1.99. The molecule has 1 aliphatic rings. The number of nitrogens with zero attached hydrogens (tertiary/aromatic N) is 2. The molecule has 0 aliphatic carbocycles. The molecule has 2 amide bonds. The monoisotopic (exact) mass is 310 g/mol. The fraction of sp³-hybridized carbons (Fsp3) is 0.500. The average molecular weight is 310 g/mol. The van der Waals surface area contributed by atoms with Crippen LogP contribution in [0.5, 0.6) is 0 Å². The van der Waals surface area contributed by atoms with Gasteiger partial charge in [0.05, 0.1) is 11.4 Å². The number of aliphatic carboxylic acids is 1. The Hall–Kier alpha value is -1.89. The third-order valence-electron chi connectivity index (χ3n) is 3.56. The molecule has 1 aliphatic heterocycles. The van der Waals surface area contributed by atoms with Gasteiger partial charge in [-0.25, -0.2) is 4.79 Å². The van der Waals surface area contributed by atoms with E-state index in [1.807, 2.05) is 0 Å². The smallest absolute Gasteiger partial charge is 0.326 e. The number of rotatable bonds is 4. The lowest BCUT2D eigenvalue weighted by molar-refractivity contribution is -0.152. The highest BCUT2D eigenvalue weighted by atomic mass is 32.1. The lowest BCUT2D eigenvalue weighted by Crippen LogP contribution is -2.51. The van der Waals surface area contributed by atoms with Crippen molar-refractivity contribution in [3.63, 3.8) is 0 Å². The van der Waals surface area contributed by atoms with E-state index in [2.05, 4.69) is 0 Å². The van der Waals surface area contributed by atoms with Crippen LogP contribution in [0.3, 0.4) is 0 Å². The minimum absolute atomic E-state index is 0.0967. The topological polar surface area (TPSA) is 77.9 Å². The van der Waals surface area contributed by atoms with Gasteiger partial charge in [-0.1, -0.05) is 6.07 Å². The number of likely N-dealkylation sites (tertiary alicyclic amines) is 1. The first-order valence-electron chi connectivity index (χ1n) is 6.82. The highest BCUT2D eigenvalue weighted by Gasteiger charge is 2.32. The Morgan fingerprint density at radius 1 is 1.43 bits per heavy atom. The van der Waals surface area contributed by atoms with Gasteiger partial charge >= 0.3 is 5.97 Å². The van der Waals surface area contributed by atoms with Gasteiger partial charge in [-0.2, -0.15) is 0 Å². The molecule has 0 saturated carbocycles. The molecule has 7 heteroatoms. The highest BCUT2D eigenvalue weighted by Crippen LogP contribution is 2.18. The molecule has 1 aromatic rings. The Labute approximate surface area is 127 Å². The molecule has 2 heterocycles. The van der Waals surface area contributed by atoms with Crippen LogP contribution in [-0.4, -0.2) is 58.9 Å². The van der Waals surface area contributed by atoms with Crippen molar-refractivity contribution in [2.75, 3.05) is 20.1 Å². The molecular weight excluding hydrogens is 292 g/mol. The van der Waals surface area contributed by atoms with E-state index in [-0.39, 0.29) is 18.4 Å². The van der Waals surface area contributed by atoms with Crippen molar-refractivity contribution in [1.29, 1.82) is 0 Å². The third-order valence-corrected chi connectivity index (χ3v) is 4.42. The normalized spacial score (nSPS) is 18.3. The molecule has 0 spiro atoms. The van der Waals surface area contributed by atoms with E-state index < -0.39 is 12.0 Å². The van der Waals surface area contributed by atoms with Gasteiger partial charge in [-0.15, -0.1) is 11.3 Å². The number of carboxylic acids is 1. The first-order valence-corrected chi connectivity index (χ1v) is 7.70. The summed E-state index contributed by atoms with van der Waals surface area (Å²) >= 11 is 1.32. The second-order valence-electron chi connectivity index (χ2n) is 5.08. The minimum Gasteiger partial charge on any atom is -0.480 e. The number of amides is 2. The number of thiophene rings is 1. The summed E-state index contributed by atoms with van der Waals surface area (Å²) in [6.45, 7) is 0.345. The van der Waals surface area contributed by atoms with Crippen LogP contribution in [0.2, 0.25) is 0 Å². The lowest BCUT2D eigenvalue weighted by Gasteiger charge is -2.34. The van der Waals surface area contributed by atoms with E-state index in [0.29, 0.717) is 17.8 Å². The van der Waals surface area contributed by atoms with Crippen LogP contribution in [0, 0.1) is 0 Å². The summed E-state index contributed by atoms with van der Waals surface area (Å²) in [5.41, 5.74) is 0. The SMILES string of the molecule is CN(CC(=O)N1CCCC[C@H]1C(=O)O)C(=O)c1cccs1. The fourth-order valence-corrected chi connectivity index (χ4v) is 3.16. The van der Waals surface area contributed by atoms with E-state index in [4.69, 9.17) is 0 Å². The standard InChI is InChI=1S/C14H18N2O4S/c1-15(13(18)11-6-4-8-21-11)9-12(17)16-7-3-2-5-10(16)14(19)20/h4,6,8,10H,2-3,5,7,9H2,1H3,(H,19,20)/t10-/m0/s1. The Morgan fingerprint density at radius 3 is 2.81 bits per heavy atom. The van der Waals surface area contributed by atoms with Crippen LogP contribution >= 0.6 is 11.3 Å². The van der Waals surface area contributed by atoms with Gasteiger partial charge in [0.2, 0.25) is 5.91 Å². The quantitative estimate of drug-likeness (QED) is 0.909. The molecule has 114 valence electrons. The molecule has 1 atom stereocenters. The van der Waals surface area contributed by atoms with Crippen LogP contribution in [0.15, 0.2) is 17.5 Å². The van der Waals surface area contributed by atoms with Gasteiger partial charge in [0.1, 0.15) is 6.04 Å². The van der Waals surface area contributed by atoms with Gasteiger partial charge in [-0.05, 0) is 30.7 Å². The van der Waals surface area contributed by atoms with Crippen molar-refractivity contribution in [1.82, 2.24) is 9.80 Å². The van der Waals surface area contributed by atoms with E-state index in [0.717, 1.165) is 12.8 Å². The molecule has 0 radical (unpaired) electrons. The van der Waals surface area contributed by atoms with Crippen LogP contribution in [-0.2, 0) is 9.59 Å². The van der Waals surface area contributed by atoms with Crippen molar-refractivity contribution in [3.05, 3.63) is 22.4 Å². The van der Waals surface area contributed by atoms with E-state index in [1.165, 1.54) is 21.1 Å². The summed E-state index contributed by atoms with van der Waals surface area (Å²) in [6.07, 6.45) is 2.09. The maximum Gasteiger partial charge on any atom is 0.326 e. The molecule has 1 fully saturated rings. The summed E-state index contributed by atoms with van der Waals surface area (Å²) in [6, 6.07) is 2.71. The van der Waals surface area contributed by atoms with E-state index >= 15 is 0 Å². The van der Waals surface area contributed by atoms with Crippen molar-refractivity contribution >= 4 is 29.1 Å². The number of piperidine rings is 1. The van der Waals surface area contributed by atoms with Gasteiger partial charge in [0, 0.05) is 13.6 Å². The zero-order chi connectivity index (χ0) is 15.4. The number of hydrogen-bond donors (Lipinski definition) is 1. The van der Waals surface area contributed by atoms with Crippen LogP contribution in [0.4, 0.5) is 0 Å². The van der Waals surface area contributed by atoms with Crippen LogP contribution in [0.1, 0.15) is 28.9 Å². The molecule has 2 rings (SSSR count). The Bertz CT molecular complexity index is 529. The first-order chi connectivity index (χ1) is 10.0. The van der Waals surface area contributed by atoms with Crippen LogP contribution < -0.4 is 0 Å². The lowest BCUT2D eigenvalue weighted by atomic mass is 10.0. The number of carbonyl (C=O) groups is 3. The Kier molecular flexibility index (Phi) is 4.95. The zero-order valence-electron chi connectivity index (χ0n) is 11.8. The molecule has 0 aromatic carbocycles. The second-order valence-corrected chi connectivity index (χ2v) is 6.02. The predicted molar refractivity (Wildman–Crippen MR) is 78.3 cm³/mol. The number of carbonyl (C=O) groups excluding carboxylic acids is 2. The molecule has 0 bridgehead atoms. The Morgan fingerprint density at radius 2 is 2.19 bits per heavy atom. The van der Waals surface area contributed by atoms with Crippen molar-refractivity contribution < 1.29 is 19.5 Å². The number of likely N-dealkylation sites (N-methyl/N-ethyl adjacent to an activating group) is 1. The van der Waals surface area contributed by atoms with E-state index in [1.54, 1.807) is 24.6 Å². The van der Waals surface area contributed by atoms with Crippen molar-refractivity contribution in [2.24, 2.45) is 0 Å². The third kappa shape index (κ3) is 3.60. The first kappa shape index (κ1) is 15.5. The molecular formula is C14H18N2O4S. The second kappa shape index (κ2) is 6.71. The molecule has 0 unspecified atom stereocenters. The summed E-state index contributed by atoms with van der Waals surface area (Å²) in [5.74, 6) is -1.51. The highest BCUT2D eigenvalue weighted by molar-refractivity contribution is 7.12. The maximum absolute atomic E-state index is 12.3. The van der Waals surface area contributed by atoms with Crippen LogP contribution in [0.25, 0.3) is 0 Å². The summed E-state index contributed by atoms with van der Waals surface area (Å²) in [7, 11) is 1.56. The van der Waals surface area contributed by atoms with Gasteiger partial charge in [0.25, 0.3) is 5.91 Å². The summed E-state index contributed by atoms with van der Waals surface area (Å²) in [4.78, 5) is 38.8. The maximum atomic E-state index is 12.3. The fourth-order valence-electron chi connectivity index (χ4n) is 2.44. The largest absolute Gasteiger partial charge is 0.480 e. The summed E-state index contributed by atoms with van der Waals surface area (Å²) in [5, 5.41) is 11.0. The van der Waals surface area contributed by atoms with Crippen molar-refractivity contribution in [2.45, 2.75) is 25.3 Å². The molecule has 1 N–H and O–H groups in total. The molecule has 1 aromatic heterocycles. The van der Waals surface area contributed by atoms with Gasteiger partial charge < -0.3 is 14.9 Å². The molecule has 6 nitrogen and oxygen atoms in total. The number of carboxylic acid groups (broad SMARTS) is 1. The minimum atomic E-state index is -0.977.